The monoisotopic (exact) mass is 485 g/mol. The molecule has 0 fully saturated rings. The van der Waals surface area contributed by atoms with Gasteiger partial charge in [0, 0.05) is 53.2 Å². The van der Waals surface area contributed by atoms with Crippen molar-refractivity contribution in [1.29, 1.82) is 0 Å². The summed E-state index contributed by atoms with van der Waals surface area (Å²) < 4.78 is 8.66. The zero-order valence-corrected chi connectivity index (χ0v) is 21.2. The van der Waals surface area contributed by atoms with Crippen LogP contribution in [0.3, 0.4) is 0 Å². The van der Waals surface area contributed by atoms with Crippen molar-refractivity contribution in [1.82, 2.24) is 9.55 Å². The van der Waals surface area contributed by atoms with E-state index in [1.54, 1.807) is 0 Å². The predicted octanol–water partition coefficient (Wildman–Crippen LogP) is 6.95. The molecule has 184 valence electrons. The van der Waals surface area contributed by atoms with Crippen molar-refractivity contribution in [2.75, 3.05) is 6.61 Å². The fraction of sp³-hybridized carbons (Fsp3) is 0.212. The second-order valence-electron chi connectivity index (χ2n) is 9.71. The Balaban J connectivity index is 1.40. The minimum Gasteiger partial charge on any atom is -0.376 e. The highest BCUT2D eigenvalue weighted by molar-refractivity contribution is 6.00. The van der Waals surface area contributed by atoms with Gasteiger partial charge >= 0.3 is 0 Å². The molecule has 0 bridgehead atoms. The number of pyridine rings is 1. The summed E-state index contributed by atoms with van der Waals surface area (Å²) in [6.07, 6.45) is 5.56. The molecule has 6 rings (SSSR count). The summed E-state index contributed by atoms with van der Waals surface area (Å²) >= 11 is 0. The van der Waals surface area contributed by atoms with E-state index in [0.717, 1.165) is 30.7 Å². The molecule has 1 aliphatic rings. The number of fused-ring (bicyclic) bond motifs is 2. The lowest BCUT2D eigenvalue weighted by Crippen LogP contribution is -2.19. The van der Waals surface area contributed by atoms with Gasteiger partial charge in [0.05, 0.1) is 19.3 Å². The molecule has 0 saturated heterocycles. The molecule has 3 heterocycles. The third-order valence-electron chi connectivity index (χ3n) is 7.29. The minimum atomic E-state index is 0.0511. The number of nitrogens with zero attached hydrogens (tertiary/aromatic N) is 3. The van der Waals surface area contributed by atoms with E-state index in [4.69, 9.17) is 9.73 Å². The molecular formula is C33H31N3O. The van der Waals surface area contributed by atoms with Crippen LogP contribution in [0.25, 0.3) is 10.9 Å². The van der Waals surface area contributed by atoms with Gasteiger partial charge in [0.25, 0.3) is 0 Å². The topological polar surface area (TPSA) is 39.4 Å². The summed E-state index contributed by atoms with van der Waals surface area (Å²) in [6, 6.07) is 32.1. The lowest BCUT2D eigenvalue weighted by molar-refractivity contribution is 0.124. The average molecular weight is 486 g/mol. The second-order valence-corrected chi connectivity index (χ2v) is 9.71. The number of hydrogen-bond donors (Lipinski definition) is 0. The third-order valence-corrected chi connectivity index (χ3v) is 7.29. The molecule has 0 spiro atoms. The fourth-order valence-electron chi connectivity index (χ4n) is 5.56. The van der Waals surface area contributed by atoms with Crippen LogP contribution in [0.2, 0.25) is 0 Å². The Kier molecular flexibility index (Phi) is 6.66. The van der Waals surface area contributed by atoms with E-state index in [2.05, 4.69) is 101 Å². The minimum absolute atomic E-state index is 0.0511. The maximum Gasteiger partial charge on any atom is 0.0946 e. The smallest absolute Gasteiger partial charge is 0.0946 e. The number of rotatable bonds is 8. The standard InChI is InChI=1S/C33H31N3O/c1-24-30-21-34-18-16-27(30)20-31(35-24)33-29(17-19-37-23-26-12-6-3-7-13-26)28-14-8-9-15-32(28)36(33)22-25-10-4-2-5-11-25/h2-16,18,21,31H,17,19-20,22-23H2,1H3/t31-/m0/s1. The summed E-state index contributed by atoms with van der Waals surface area (Å²) in [7, 11) is 0. The number of hydrogen-bond acceptors (Lipinski definition) is 3. The number of para-hydroxylation sites is 1. The van der Waals surface area contributed by atoms with Crippen molar-refractivity contribution in [3.05, 3.63) is 137 Å². The van der Waals surface area contributed by atoms with Gasteiger partial charge in [-0.05, 0) is 47.7 Å². The number of aliphatic imine (C=N–C) groups is 1. The SMILES string of the molecule is CC1=N[C@H](c2c(CCOCc3ccccc3)c3ccccc3n2Cc2ccccc2)Cc2ccncc21. The fourth-order valence-corrected chi connectivity index (χ4v) is 5.56. The molecule has 0 radical (unpaired) electrons. The van der Waals surface area contributed by atoms with Crippen LogP contribution in [-0.2, 0) is 30.7 Å². The first-order chi connectivity index (χ1) is 18.3. The van der Waals surface area contributed by atoms with Crippen molar-refractivity contribution in [3.63, 3.8) is 0 Å². The summed E-state index contributed by atoms with van der Waals surface area (Å²) in [5, 5.41) is 1.30. The van der Waals surface area contributed by atoms with Crippen molar-refractivity contribution >= 4 is 16.6 Å². The van der Waals surface area contributed by atoms with Gasteiger partial charge in [-0.15, -0.1) is 0 Å². The molecule has 1 aliphatic heterocycles. The van der Waals surface area contributed by atoms with Gasteiger partial charge in [-0.25, -0.2) is 0 Å². The largest absolute Gasteiger partial charge is 0.376 e. The Bertz CT molecular complexity index is 1540. The quantitative estimate of drug-likeness (QED) is 0.223. The van der Waals surface area contributed by atoms with Gasteiger partial charge in [0.2, 0.25) is 0 Å². The van der Waals surface area contributed by atoms with Crippen molar-refractivity contribution in [2.24, 2.45) is 4.99 Å². The van der Waals surface area contributed by atoms with Crippen LogP contribution >= 0.6 is 0 Å². The molecule has 4 heteroatoms. The van der Waals surface area contributed by atoms with E-state index in [1.807, 2.05) is 18.5 Å². The molecule has 1 atom stereocenters. The Labute approximate surface area is 218 Å². The summed E-state index contributed by atoms with van der Waals surface area (Å²) in [4.78, 5) is 9.59. The summed E-state index contributed by atoms with van der Waals surface area (Å²) in [5.41, 5.74) is 9.93. The maximum atomic E-state index is 6.17. The van der Waals surface area contributed by atoms with Crippen LogP contribution in [-0.4, -0.2) is 21.9 Å². The number of aromatic nitrogens is 2. The molecule has 4 nitrogen and oxygen atoms in total. The van der Waals surface area contributed by atoms with Crippen molar-refractivity contribution in [2.45, 2.75) is 39.0 Å². The van der Waals surface area contributed by atoms with Crippen molar-refractivity contribution in [3.8, 4) is 0 Å². The molecule has 5 aromatic rings. The highest BCUT2D eigenvalue weighted by Gasteiger charge is 2.28. The molecule has 0 amide bonds. The number of ether oxygens (including phenoxy) is 1. The molecule has 2 aromatic heterocycles. The van der Waals surface area contributed by atoms with Crippen LogP contribution in [0.1, 0.15) is 46.5 Å². The van der Waals surface area contributed by atoms with E-state index in [0.29, 0.717) is 13.2 Å². The zero-order valence-electron chi connectivity index (χ0n) is 21.2. The van der Waals surface area contributed by atoms with Gasteiger partial charge in [-0.2, -0.15) is 0 Å². The Morgan fingerprint density at radius 3 is 2.41 bits per heavy atom. The third kappa shape index (κ3) is 4.85. The van der Waals surface area contributed by atoms with Crippen LogP contribution in [0.15, 0.2) is 108 Å². The van der Waals surface area contributed by atoms with Crippen LogP contribution < -0.4 is 0 Å². The average Bonchev–Trinajstić information content (AvgIpc) is 3.25. The van der Waals surface area contributed by atoms with Crippen molar-refractivity contribution < 1.29 is 4.74 Å². The van der Waals surface area contributed by atoms with Gasteiger partial charge in [0.15, 0.2) is 0 Å². The van der Waals surface area contributed by atoms with E-state index >= 15 is 0 Å². The highest BCUT2D eigenvalue weighted by atomic mass is 16.5. The molecule has 0 aliphatic carbocycles. The number of benzene rings is 3. The van der Waals surface area contributed by atoms with Crippen LogP contribution in [0, 0.1) is 0 Å². The normalized spacial score (nSPS) is 14.9. The lowest BCUT2D eigenvalue weighted by Gasteiger charge is -2.25. The first-order valence-corrected chi connectivity index (χ1v) is 13.0. The maximum absolute atomic E-state index is 6.17. The summed E-state index contributed by atoms with van der Waals surface area (Å²) in [5.74, 6) is 0. The molecule has 37 heavy (non-hydrogen) atoms. The predicted molar refractivity (Wildman–Crippen MR) is 150 cm³/mol. The van der Waals surface area contributed by atoms with Gasteiger partial charge in [-0.1, -0.05) is 78.9 Å². The van der Waals surface area contributed by atoms with Gasteiger partial charge < -0.3 is 9.30 Å². The first-order valence-electron chi connectivity index (χ1n) is 13.0. The Morgan fingerprint density at radius 2 is 1.59 bits per heavy atom. The Morgan fingerprint density at radius 1 is 0.865 bits per heavy atom. The highest BCUT2D eigenvalue weighted by Crippen LogP contribution is 2.37. The Hall–Kier alpha value is -4.02. The summed E-state index contributed by atoms with van der Waals surface area (Å²) in [6.45, 7) is 4.21. The lowest BCUT2D eigenvalue weighted by atomic mass is 9.92. The van der Waals surface area contributed by atoms with E-state index in [1.165, 1.54) is 38.9 Å². The molecule has 3 aromatic carbocycles. The second kappa shape index (κ2) is 10.5. The van der Waals surface area contributed by atoms with Gasteiger partial charge in [0.1, 0.15) is 0 Å². The van der Waals surface area contributed by atoms with E-state index in [-0.39, 0.29) is 6.04 Å². The van der Waals surface area contributed by atoms with Crippen LogP contribution in [0.5, 0.6) is 0 Å². The molecular weight excluding hydrogens is 454 g/mol. The first kappa shape index (κ1) is 23.4. The van der Waals surface area contributed by atoms with Crippen LogP contribution in [0.4, 0.5) is 0 Å². The zero-order chi connectivity index (χ0) is 25.0. The van der Waals surface area contributed by atoms with E-state index in [9.17, 15) is 0 Å². The van der Waals surface area contributed by atoms with E-state index < -0.39 is 0 Å². The molecule has 0 N–H and O–H groups in total. The molecule has 0 unspecified atom stereocenters. The molecule has 0 saturated carbocycles. The van der Waals surface area contributed by atoms with Gasteiger partial charge in [-0.3, -0.25) is 9.98 Å².